The SMILES string of the molecule is CC(=O)O[C@H]1C[C@H](O[C@H]2[C@@H](O)C[C@H](O[C@H]3[C@@H](O)C[C@H](O[C@H]4CC[C@@]5(C)[C@H](CC[C@@H]6[C@@H]5C[C@@H](O)[C@]5(C)[C@@H](C7=CCOC7=O)CC[C@]65O)C4)O[C@@H]3C)O[C@@H]2C)O[C@H](C)[C@H]1O[C@@H]1O[C@H](CO)[C@@H](O)[C@H](O)[C@H]1O. The molecule has 26 atom stereocenters. The fourth-order valence-electron chi connectivity index (χ4n) is 14.6. The van der Waals surface area contributed by atoms with E-state index in [0.29, 0.717) is 30.8 Å². The van der Waals surface area contributed by atoms with Gasteiger partial charge in [-0.25, -0.2) is 4.79 Å². The molecular weight excluding hydrogens is 909 g/mol. The van der Waals surface area contributed by atoms with E-state index in [-0.39, 0.29) is 61.1 Å². The van der Waals surface area contributed by atoms with Crippen LogP contribution in [-0.4, -0.2) is 188 Å². The minimum absolute atomic E-state index is 0.00554. The maximum atomic E-state index is 12.7. The van der Waals surface area contributed by atoms with E-state index in [2.05, 4.69) is 6.92 Å². The van der Waals surface area contributed by atoms with Gasteiger partial charge in [0.1, 0.15) is 55.4 Å². The van der Waals surface area contributed by atoms with Crippen LogP contribution in [0.25, 0.3) is 0 Å². The molecule has 8 N–H and O–H groups in total. The Morgan fingerprint density at radius 3 is 1.93 bits per heavy atom. The van der Waals surface area contributed by atoms with Gasteiger partial charge in [-0.2, -0.15) is 0 Å². The Morgan fingerprint density at radius 2 is 1.33 bits per heavy atom. The van der Waals surface area contributed by atoms with Gasteiger partial charge in [0.15, 0.2) is 25.2 Å². The second kappa shape index (κ2) is 20.0. The van der Waals surface area contributed by atoms with Crippen LogP contribution >= 0.6 is 0 Å². The molecule has 9 rings (SSSR count). The molecule has 9 aliphatic rings. The number of fused-ring (bicyclic) bond motifs is 5. The normalized spacial score (nSPS) is 53.3. The van der Waals surface area contributed by atoms with Crippen LogP contribution in [0, 0.1) is 34.5 Å². The smallest absolute Gasteiger partial charge is 0.334 e. The first kappa shape index (κ1) is 51.9. The summed E-state index contributed by atoms with van der Waals surface area (Å²) >= 11 is 0. The van der Waals surface area contributed by atoms with Crippen molar-refractivity contribution < 1.29 is 97.8 Å². The summed E-state index contributed by atoms with van der Waals surface area (Å²) in [6.07, 6.45) is -11.1. The van der Waals surface area contributed by atoms with Crippen molar-refractivity contribution in [2.45, 2.75) is 234 Å². The number of aliphatic hydroxyl groups excluding tert-OH is 7. The molecule has 4 saturated heterocycles. The lowest BCUT2D eigenvalue weighted by Crippen LogP contribution is -2.67. The van der Waals surface area contributed by atoms with Crippen LogP contribution in [-0.2, 0) is 57.0 Å². The number of hydrogen-bond donors (Lipinski definition) is 8. The standard InChI is InChI=1S/C49H76O20/c1-21-42(67-37-18-32(53)43(22(2)62-37)68-38-19-33(64-24(4)51)44(23(3)63-38)69-46-41(57)40(56)39(55)34(20-50)66-46)31(52)17-36(61-21)65-26-9-12-47(5)25(15-26)7-8-29-30(47)16-35(54)48(6)28(10-13-49(29,48)59)27-11-14-60-45(27)58/h11,21-23,25-26,28-44,46,50,52-57,59H,7-10,12-20H2,1-6H3/t21-,22-,23-,25-,26+,28-,29-,30+,31+,32+,33+,34-,35-,36+,37+,38+,39-,40+,41-,42-,43-,44-,46+,47+,48+,49+/m1/s1. The predicted octanol–water partition coefficient (Wildman–Crippen LogP) is 0.613. The number of aliphatic hydroxyl groups is 8. The average molecular weight is 985 g/mol. The van der Waals surface area contributed by atoms with Gasteiger partial charge in [0.05, 0.1) is 54.9 Å². The molecule has 0 amide bonds. The van der Waals surface area contributed by atoms with Crippen LogP contribution in [0.3, 0.4) is 0 Å². The molecule has 0 aromatic heterocycles. The second-order valence-corrected chi connectivity index (χ2v) is 22.1. The molecule has 0 radical (unpaired) electrons. The number of hydrogen-bond acceptors (Lipinski definition) is 20. The van der Waals surface area contributed by atoms with Gasteiger partial charge in [-0.3, -0.25) is 4.79 Å². The number of esters is 2. The van der Waals surface area contributed by atoms with Gasteiger partial charge < -0.3 is 88.2 Å². The summed E-state index contributed by atoms with van der Waals surface area (Å²) in [5.41, 5.74) is -1.43. The van der Waals surface area contributed by atoms with Crippen molar-refractivity contribution in [1.82, 2.24) is 0 Å². The van der Waals surface area contributed by atoms with Gasteiger partial charge in [-0.15, -0.1) is 0 Å². The molecule has 20 nitrogen and oxygen atoms in total. The van der Waals surface area contributed by atoms with Crippen LogP contribution in [0.15, 0.2) is 11.6 Å². The van der Waals surface area contributed by atoms with Gasteiger partial charge in [0, 0.05) is 43.1 Å². The van der Waals surface area contributed by atoms with Crippen LogP contribution in [0.5, 0.6) is 0 Å². The molecule has 8 fully saturated rings. The highest BCUT2D eigenvalue weighted by molar-refractivity contribution is 5.91. The summed E-state index contributed by atoms with van der Waals surface area (Å²) in [5, 5.41) is 88.1. The Hall–Kier alpha value is -1.96. The minimum atomic E-state index is -1.69. The second-order valence-electron chi connectivity index (χ2n) is 22.1. The summed E-state index contributed by atoms with van der Waals surface area (Å²) in [7, 11) is 0. The number of cyclic esters (lactones) is 1. The Kier molecular flexibility index (Phi) is 15.1. The third-order valence-electron chi connectivity index (χ3n) is 18.4. The maximum absolute atomic E-state index is 12.7. The zero-order valence-corrected chi connectivity index (χ0v) is 40.5. The van der Waals surface area contributed by atoms with Crippen LogP contribution in [0.4, 0.5) is 0 Å². The average Bonchev–Trinajstić information content (AvgIpc) is 3.84. The van der Waals surface area contributed by atoms with Crippen LogP contribution < -0.4 is 0 Å². The van der Waals surface area contributed by atoms with Gasteiger partial charge in [-0.05, 0) is 101 Å². The molecule has 0 spiro atoms. The molecule has 4 saturated carbocycles. The van der Waals surface area contributed by atoms with Gasteiger partial charge in [0.2, 0.25) is 0 Å². The van der Waals surface area contributed by atoms with Gasteiger partial charge >= 0.3 is 11.9 Å². The molecule has 0 unspecified atom stereocenters. The summed E-state index contributed by atoms with van der Waals surface area (Å²) < 4.78 is 60.1. The first-order chi connectivity index (χ1) is 32.7. The molecular formula is C49H76O20. The highest BCUT2D eigenvalue weighted by Gasteiger charge is 2.71. The van der Waals surface area contributed by atoms with E-state index in [1.807, 2.05) is 13.0 Å². The van der Waals surface area contributed by atoms with E-state index in [1.165, 1.54) is 6.92 Å². The summed E-state index contributed by atoms with van der Waals surface area (Å²) in [6, 6.07) is 0. The molecule has 5 aliphatic heterocycles. The van der Waals surface area contributed by atoms with Crippen molar-refractivity contribution in [1.29, 1.82) is 0 Å². The highest BCUT2D eigenvalue weighted by atomic mass is 16.8. The molecule has 0 aromatic carbocycles. The number of carbonyl (C=O) groups excluding carboxylic acids is 2. The summed E-state index contributed by atoms with van der Waals surface area (Å²) in [6.45, 7) is 10.3. The lowest BCUT2D eigenvalue weighted by molar-refractivity contribution is -0.355. The van der Waals surface area contributed by atoms with E-state index in [1.54, 1.807) is 20.8 Å². The van der Waals surface area contributed by atoms with Gasteiger partial charge in [0.25, 0.3) is 0 Å². The fourth-order valence-corrected chi connectivity index (χ4v) is 14.6. The monoisotopic (exact) mass is 984 g/mol. The number of carbonyl (C=O) groups is 2. The molecule has 392 valence electrons. The zero-order chi connectivity index (χ0) is 49.5. The van der Waals surface area contributed by atoms with Crippen molar-refractivity contribution in [3.8, 4) is 0 Å². The van der Waals surface area contributed by atoms with Crippen LogP contribution in [0.2, 0.25) is 0 Å². The lowest BCUT2D eigenvalue weighted by Gasteiger charge is -2.65. The first-order valence-corrected chi connectivity index (χ1v) is 25.4. The molecule has 5 heterocycles. The zero-order valence-electron chi connectivity index (χ0n) is 40.5. The van der Waals surface area contributed by atoms with E-state index in [9.17, 15) is 50.4 Å². The predicted molar refractivity (Wildman–Crippen MR) is 235 cm³/mol. The Morgan fingerprint density at radius 1 is 0.710 bits per heavy atom. The van der Waals surface area contributed by atoms with E-state index < -0.39 is 134 Å². The van der Waals surface area contributed by atoms with E-state index in [4.69, 9.17) is 47.4 Å². The molecule has 0 bridgehead atoms. The molecule has 4 aliphatic carbocycles. The Bertz CT molecular complexity index is 1850. The minimum Gasteiger partial charge on any atom is -0.459 e. The number of rotatable bonds is 11. The topological polar surface area (TPSA) is 288 Å². The van der Waals surface area contributed by atoms with Crippen molar-refractivity contribution in [2.24, 2.45) is 34.5 Å². The van der Waals surface area contributed by atoms with Gasteiger partial charge in [-0.1, -0.05) is 13.8 Å². The van der Waals surface area contributed by atoms with Crippen molar-refractivity contribution >= 4 is 11.9 Å². The Balaban J connectivity index is 0.752. The van der Waals surface area contributed by atoms with Crippen LogP contribution in [0.1, 0.15) is 112 Å². The van der Waals surface area contributed by atoms with E-state index >= 15 is 0 Å². The first-order valence-electron chi connectivity index (χ1n) is 25.4. The van der Waals surface area contributed by atoms with Crippen molar-refractivity contribution in [3.63, 3.8) is 0 Å². The largest absolute Gasteiger partial charge is 0.459 e. The summed E-state index contributed by atoms with van der Waals surface area (Å²) in [4.78, 5) is 24.8. The highest BCUT2D eigenvalue weighted by Crippen LogP contribution is 2.70. The molecule has 20 heteroatoms. The third-order valence-corrected chi connectivity index (χ3v) is 18.4. The summed E-state index contributed by atoms with van der Waals surface area (Å²) in [5.74, 6) is -0.754. The van der Waals surface area contributed by atoms with E-state index in [0.717, 1.165) is 32.1 Å². The quantitative estimate of drug-likeness (QED) is 0.104. The van der Waals surface area contributed by atoms with Crippen molar-refractivity contribution in [3.05, 3.63) is 11.6 Å². The fraction of sp³-hybridized carbons (Fsp3) is 0.918. The molecule has 0 aromatic rings. The third kappa shape index (κ3) is 9.37. The van der Waals surface area contributed by atoms with Crippen molar-refractivity contribution in [2.75, 3.05) is 13.2 Å². The lowest BCUT2D eigenvalue weighted by atomic mass is 9.42. The number of ether oxygens (including phenoxy) is 10. The Labute approximate surface area is 402 Å². The maximum Gasteiger partial charge on any atom is 0.334 e. The molecule has 69 heavy (non-hydrogen) atoms.